The second-order valence-electron chi connectivity index (χ2n) is 6.40. The highest BCUT2D eigenvalue weighted by molar-refractivity contribution is 5.85. The van der Waals surface area contributed by atoms with Crippen molar-refractivity contribution in [3.8, 4) is 0 Å². The molecule has 0 saturated carbocycles. The zero-order chi connectivity index (χ0) is 16.8. The van der Waals surface area contributed by atoms with Crippen LogP contribution in [0.2, 0.25) is 0 Å². The summed E-state index contributed by atoms with van der Waals surface area (Å²) in [4.78, 5) is 24.9. The van der Waals surface area contributed by atoms with Crippen molar-refractivity contribution in [3.05, 3.63) is 35.9 Å². The lowest BCUT2D eigenvalue weighted by atomic mass is 9.84. The summed E-state index contributed by atoms with van der Waals surface area (Å²) in [6.07, 6.45) is 1.54. The molecule has 1 aliphatic heterocycles. The molecule has 1 saturated heterocycles. The minimum atomic E-state index is -0.457. The first-order valence-corrected chi connectivity index (χ1v) is 8.17. The normalized spacial score (nSPS) is 22.6. The summed E-state index contributed by atoms with van der Waals surface area (Å²) in [5.41, 5.74) is 6.56. The van der Waals surface area contributed by atoms with E-state index in [1.165, 1.54) is 6.92 Å². The first-order chi connectivity index (χ1) is 11.0. The Kier molecular flexibility index (Phi) is 6.16. The number of rotatable bonds is 6. The van der Waals surface area contributed by atoms with E-state index in [0.29, 0.717) is 38.0 Å². The van der Waals surface area contributed by atoms with Gasteiger partial charge >= 0.3 is 0 Å². The van der Waals surface area contributed by atoms with Crippen LogP contribution in [0, 0.1) is 11.8 Å². The zero-order valence-electron chi connectivity index (χ0n) is 13.9. The summed E-state index contributed by atoms with van der Waals surface area (Å²) in [5.74, 6) is 0.169. The average Bonchev–Trinajstić information content (AvgIpc) is 2.55. The van der Waals surface area contributed by atoms with Crippen molar-refractivity contribution in [3.63, 3.8) is 0 Å². The first kappa shape index (κ1) is 17.5. The molecular weight excluding hydrogens is 292 g/mol. The maximum atomic E-state index is 11.8. The van der Waals surface area contributed by atoms with Gasteiger partial charge in [0, 0.05) is 20.1 Å². The molecule has 5 heteroatoms. The molecule has 5 nitrogen and oxygen atoms in total. The molecule has 1 aliphatic rings. The van der Waals surface area contributed by atoms with Gasteiger partial charge in [0.1, 0.15) is 6.04 Å². The number of carbonyl (C=O) groups excluding carboxylic acids is 2. The minimum absolute atomic E-state index is 0.0871. The predicted octanol–water partition coefficient (Wildman–Crippen LogP) is 1.95. The molecule has 2 N–H and O–H groups in total. The van der Waals surface area contributed by atoms with Gasteiger partial charge in [-0.3, -0.25) is 9.59 Å². The SMILES string of the molecule is CC(=O)N1CC(C(C)COCc2ccccc2)CC[C@H]1C(N)=O. The monoisotopic (exact) mass is 318 g/mol. The van der Waals surface area contributed by atoms with E-state index in [-0.39, 0.29) is 5.91 Å². The van der Waals surface area contributed by atoms with Gasteiger partial charge in [0.25, 0.3) is 0 Å². The number of ether oxygens (including phenoxy) is 1. The van der Waals surface area contributed by atoms with E-state index < -0.39 is 11.9 Å². The Morgan fingerprint density at radius 2 is 2.00 bits per heavy atom. The predicted molar refractivity (Wildman–Crippen MR) is 88.4 cm³/mol. The fraction of sp³-hybridized carbons (Fsp3) is 0.556. The van der Waals surface area contributed by atoms with Crippen molar-refractivity contribution < 1.29 is 14.3 Å². The highest BCUT2D eigenvalue weighted by Crippen LogP contribution is 2.28. The lowest BCUT2D eigenvalue weighted by Gasteiger charge is -2.39. The third-order valence-corrected chi connectivity index (χ3v) is 4.65. The molecule has 0 spiro atoms. The molecule has 0 bridgehead atoms. The van der Waals surface area contributed by atoms with Gasteiger partial charge in [0.2, 0.25) is 11.8 Å². The van der Waals surface area contributed by atoms with Crippen LogP contribution in [0.3, 0.4) is 0 Å². The second kappa shape index (κ2) is 8.11. The molecule has 1 fully saturated rings. The van der Waals surface area contributed by atoms with Crippen molar-refractivity contribution in [2.75, 3.05) is 13.2 Å². The first-order valence-electron chi connectivity index (χ1n) is 8.17. The highest BCUT2D eigenvalue weighted by Gasteiger charge is 2.35. The average molecular weight is 318 g/mol. The number of likely N-dealkylation sites (tertiary alicyclic amines) is 1. The number of piperidine rings is 1. The van der Waals surface area contributed by atoms with Crippen LogP contribution in [0.4, 0.5) is 0 Å². The van der Waals surface area contributed by atoms with Crippen molar-refractivity contribution >= 4 is 11.8 Å². The quantitative estimate of drug-likeness (QED) is 0.871. The van der Waals surface area contributed by atoms with E-state index in [9.17, 15) is 9.59 Å². The summed E-state index contributed by atoms with van der Waals surface area (Å²) in [6, 6.07) is 9.61. The van der Waals surface area contributed by atoms with E-state index in [1.54, 1.807) is 4.90 Å². The largest absolute Gasteiger partial charge is 0.376 e. The van der Waals surface area contributed by atoms with Crippen LogP contribution in [-0.4, -0.2) is 35.9 Å². The van der Waals surface area contributed by atoms with Crippen LogP contribution in [-0.2, 0) is 20.9 Å². The Labute approximate surface area is 137 Å². The Bertz CT molecular complexity index is 532. The van der Waals surface area contributed by atoms with Gasteiger partial charge in [0.05, 0.1) is 6.61 Å². The Morgan fingerprint density at radius 1 is 1.30 bits per heavy atom. The molecule has 2 rings (SSSR count). The summed E-state index contributed by atoms with van der Waals surface area (Å²) in [7, 11) is 0. The third-order valence-electron chi connectivity index (χ3n) is 4.65. The van der Waals surface area contributed by atoms with Crippen molar-refractivity contribution in [2.45, 2.75) is 39.3 Å². The fourth-order valence-electron chi connectivity index (χ4n) is 3.18. The number of hydrogen-bond donors (Lipinski definition) is 1. The number of amides is 2. The van der Waals surface area contributed by atoms with Crippen molar-refractivity contribution in [1.29, 1.82) is 0 Å². The van der Waals surface area contributed by atoms with Gasteiger partial charge in [-0.15, -0.1) is 0 Å². The summed E-state index contributed by atoms with van der Waals surface area (Å²) < 4.78 is 5.81. The van der Waals surface area contributed by atoms with Crippen LogP contribution < -0.4 is 5.73 Å². The summed E-state index contributed by atoms with van der Waals surface area (Å²) >= 11 is 0. The highest BCUT2D eigenvalue weighted by atomic mass is 16.5. The van der Waals surface area contributed by atoms with E-state index in [1.807, 2.05) is 30.3 Å². The molecule has 1 aromatic carbocycles. The van der Waals surface area contributed by atoms with E-state index in [2.05, 4.69) is 6.92 Å². The van der Waals surface area contributed by atoms with Crippen molar-refractivity contribution in [1.82, 2.24) is 4.90 Å². The number of carbonyl (C=O) groups is 2. The van der Waals surface area contributed by atoms with Gasteiger partial charge in [-0.2, -0.15) is 0 Å². The number of benzene rings is 1. The van der Waals surface area contributed by atoms with Crippen LogP contribution >= 0.6 is 0 Å². The van der Waals surface area contributed by atoms with Gasteiger partial charge in [0.15, 0.2) is 0 Å². The van der Waals surface area contributed by atoms with Crippen LogP contribution in [0.5, 0.6) is 0 Å². The molecule has 126 valence electrons. The zero-order valence-corrected chi connectivity index (χ0v) is 13.9. The summed E-state index contributed by atoms with van der Waals surface area (Å²) in [5, 5.41) is 0. The molecule has 2 amide bonds. The van der Waals surface area contributed by atoms with E-state index in [4.69, 9.17) is 10.5 Å². The smallest absolute Gasteiger partial charge is 0.240 e. The van der Waals surface area contributed by atoms with Crippen LogP contribution in [0.25, 0.3) is 0 Å². The topological polar surface area (TPSA) is 72.6 Å². The standard InChI is InChI=1S/C18H26N2O3/c1-13(11-23-12-15-6-4-3-5-7-15)16-8-9-17(18(19)22)20(10-16)14(2)21/h3-7,13,16-17H,8-12H2,1-2H3,(H2,19,22)/t13?,16?,17-/m0/s1. The Hall–Kier alpha value is -1.88. The Balaban J connectivity index is 1.84. The number of nitrogens with zero attached hydrogens (tertiary/aromatic N) is 1. The minimum Gasteiger partial charge on any atom is -0.376 e. The van der Waals surface area contributed by atoms with Gasteiger partial charge in [-0.25, -0.2) is 0 Å². The van der Waals surface area contributed by atoms with Gasteiger partial charge < -0.3 is 15.4 Å². The Morgan fingerprint density at radius 3 is 2.61 bits per heavy atom. The summed E-state index contributed by atoms with van der Waals surface area (Å²) in [6.45, 7) is 5.46. The van der Waals surface area contributed by atoms with Gasteiger partial charge in [-0.1, -0.05) is 37.3 Å². The molecule has 0 aromatic heterocycles. The van der Waals surface area contributed by atoms with Crippen LogP contribution in [0.15, 0.2) is 30.3 Å². The number of primary amides is 1. The van der Waals surface area contributed by atoms with E-state index in [0.717, 1.165) is 12.0 Å². The second-order valence-corrected chi connectivity index (χ2v) is 6.40. The maximum Gasteiger partial charge on any atom is 0.240 e. The molecule has 0 aliphatic carbocycles. The van der Waals surface area contributed by atoms with Crippen LogP contribution in [0.1, 0.15) is 32.3 Å². The number of hydrogen-bond acceptors (Lipinski definition) is 3. The van der Waals surface area contributed by atoms with Crippen molar-refractivity contribution in [2.24, 2.45) is 17.6 Å². The molecule has 1 aromatic rings. The molecule has 2 unspecified atom stereocenters. The lowest BCUT2D eigenvalue weighted by Crippen LogP contribution is -2.53. The molecule has 1 heterocycles. The molecule has 23 heavy (non-hydrogen) atoms. The van der Waals surface area contributed by atoms with E-state index >= 15 is 0 Å². The molecular formula is C18H26N2O3. The number of nitrogens with two attached hydrogens (primary N) is 1. The maximum absolute atomic E-state index is 11.8. The lowest BCUT2D eigenvalue weighted by molar-refractivity contribution is -0.141. The van der Waals surface area contributed by atoms with Gasteiger partial charge in [-0.05, 0) is 30.2 Å². The fourth-order valence-corrected chi connectivity index (χ4v) is 3.18. The molecule has 3 atom stereocenters. The third kappa shape index (κ3) is 4.79. The molecule has 0 radical (unpaired) electrons.